The third-order valence-electron chi connectivity index (χ3n) is 5.51. The Morgan fingerprint density at radius 3 is 2.72 bits per heavy atom. The molecule has 7 heteroatoms. The highest BCUT2D eigenvalue weighted by Crippen LogP contribution is 2.39. The Labute approximate surface area is 185 Å². The topological polar surface area (TPSA) is 68.5 Å². The van der Waals surface area contributed by atoms with Crippen LogP contribution in [0.1, 0.15) is 30.9 Å². The third-order valence-corrected chi connectivity index (χ3v) is 5.51. The van der Waals surface area contributed by atoms with Crippen LogP contribution in [0.2, 0.25) is 0 Å². The molecule has 1 aliphatic heterocycles. The molecule has 4 aromatic rings. The van der Waals surface area contributed by atoms with Crippen molar-refractivity contribution in [2.24, 2.45) is 0 Å². The van der Waals surface area contributed by atoms with Crippen molar-refractivity contribution in [3.05, 3.63) is 84.3 Å². The lowest BCUT2D eigenvalue weighted by molar-refractivity contribution is 0.628. The summed E-state index contributed by atoms with van der Waals surface area (Å²) in [6, 6.07) is 14.4. The Kier molecular flexibility index (Phi) is 5.46. The molecule has 4 heterocycles. The highest BCUT2D eigenvalue weighted by Gasteiger charge is 2.29. The van der Waals surface area contributed by atoms with Gasteiger partial charge in [-0.2, -0.15) is 0 Å². The number of hydrogen-bond donors (Lipinski definition) is 1. The number of pyridine rings is 1. The van der Waals surface area contributed by atoms with Gasteiger partial charge in [0.2, 0.25) is 5.95 Å². The van der Waals surface area contributed by atoms with Gasteiger partial charge in [0.15, 0.2) is 0 Å². The molecule has 6 nitrogen and oxygen atoms in total. The maximum atomic E-state index is 13.6. The SMILES string of the molecule is CCNc1nccc(-c2c(-c3ccc(F)cc3)nc3n2C(/C=C/c2ccccn2)CC3)n1. The highest BCUT2D eigenvalue weighted by molar-refractivity contribution is 5.78. The first-order chi connectivity index (χ1) is 15.7. The van der Waals surface area contributed by atoms with Crippen LogP contribution >= 0.6 is 0 Å². The summed E-state index contributed by atoms with van der Waals surface area (Å²) in [4.78, 5) is 18.4. The van der Waals surface area contributed by atoms with E-state index in [1.54, 1.807) is 24.5 Å². The zero-order chi connectivity index (χ0) is 21.9. The molecule has 1 aromatic carbocycles. The van der Waals surface area contributed by atoms with Crippen molar-refractivity contribution in [3.8, 4) is 22.6 Å². The number of nitrogens with zero attached hydrogens (tertiary/aromatic N) is 5. The molecule has 0 aliphatic carbocycles. The number of anilines is 1. The van der Waals surface area contributed by atoms with Crippen molar-refractivity contribution in [1.82, 2.24) is 24.5 Å². The first-order valence-electron chi connectivity index (χ1n) is 10.8. The van der Waals surface area contributed by atoms with E-state index in [1.807, 2.05) is 37.3 Å². The fourth-order valence-electron chi connectivity index (χ4n) is 4.07. The Bertz CT molecular complexity index is 1250. The molecule has 32 heavy (non-hydrogen) atoms. The lowest BCUT2D eigenvalue weighted by Gasteiger charge is -2.15. The van der Waals surface area contributed by atoms with E-state index in [4.69, 9.17) is 9.97 Å². The van der Waals surface area contributed by atoms with E-state index >= 15 is 0 Å². The van der Waals surface area contributed by atoms with Gasteiger partial charge >= 0.3 is 0 Å². The standard InChI is InChI=1S/C25H23FN6/c1-2-27-25-29-16-14-21(30-25)24-23(17-6-8-18(26)9-7-17)31-22-13-12-20(32(22)24)11-10-19-5-3-4-15-28-19/h3-11,14-16,20H,2,12-13H2,1H3,(H,27,29,30)/b11-10+. The predicted molar refractivity (Wildman–Crippen MR) is 123 cm³/mol. The minimum absolute atomic E-state index is 0.126. The van der Waals surface area contributed by atoms with E-state index in [0.717, 1.165) is 53.5 Å². The van der Waals surface area contributed by atoms with Gasteiger partial charge in [-0.25, -0.2) is 19.3 Å². The number of fused-ring (bicyclic) bond motifs is 1. The van der Waals surface area contributed by atoms with E-state index in [1.165, 1.54) is 12.1 Å². The van der Waals surface area contributed by atoms with E-state index in [9.17, 15) is 4.39 Å². The molecule has 1 aliphatic rings. The maximum absolute atomic E-state index is 13.6. The summed E-state index contributed by atoms with van der Waals surface area (Å²) in [5.74, 6) is 1.30. The molecule has 3 aromatic heterocycles. The molecule has 160 valence electrons. The fourth-order valence-corrected chi connectivity index (χ4v) is 4.07. The molecule has 0 fully saturated rings. The molecule has 0 saturated carbocycles. The number of allylic oxidation sites excluding steroid dienone is 1. The lowest BCUT2D eigenvalue weighted by Crippen LogP contribution is -2.07. The number of hydrogen-bond acceptors (Lipinski definition) is 5. The Morgan fingerprint density at radius 2 is 1.94 bits per heavy atom. The van der Waals surface area contributed by atoms with Crippen LogP contribution in [0.25, 0.3) is 28.7 Å². The average Bonchev–Trinajstić information content (AvgIpc) is 3.39. The summed E-state index contributed by atoms with van der Waals surface area (Å²) in [7, 11) is 0. The summed E-state index contributed by atoms with van der Waals surface area (Å²) >= 11 is 0. The third kappa shape index (κ3) is 3.89. The zero-order valence-electron chi connectivity index (χ0n) is 17.7. The minimum Gasteiger partial charge on any atom is -0.354 e. The van der Waals surface area contributed by atoms with E-state index < -0.39 is 0 Å². The molecule has 1 unspecified atom stereocenters. The monoisotopic (exact) mass is 426 g/mol. The Morgan fingerprint density at radius 1 is 1.06 bits per heavy atom. The van der Waals surface area contributed by atoms with Crippen LogP contribution in [0.5, 0.6) is 0 Å². The van der Waals surface area contributed by atoms with Crippen LogP contribution in [-0.4, -0.2) is 31.0 Å². The fraction of sp³-hybridized carbons (Fsp3) is 0.200. The summed E-state index contributed by atoms with van der Waals surface area (Å²) in [6.45, 7) is 2.74. The maximum Gasteiger partial charge on any atom is 0.223 e. The van der Waals surface area contributed by atoms with Crippen molar-refractivity contribution in [1.29, 1.82) is 0 Å². The summed E-state index contributed by atoms with van der Waals surface area (Å²) in [6.07, 6.45) is 9.57. The smallest absolute Gasteiger partial charge is 0.223 e. The number of nitrogens with one attached hydrogen (secondary N) is 1. The van der Waals surface area contributed by atoms with E-state index in [0.29, 0.717) is 5.95 Å². The van der Waals surface area contributed by atoms with Crippen LogP contribution in [0.4, 0.5) is 10.3 Å². The second-order valence-corrected chi connectivity index (χ2v) is 7.62. The van der Waals surface area contributed by atoms with Gasteiger partial charge in [-0.05, 0) is 61.9 Å². The van der Waals surface area contributed by atoms with Crippen molar-refractivity contribution >= 4 is 12.0 Å². The number of aromatic nitrogens is 5. The van der Waals surface area contributed by atoms with Gasteiger partial charge in [0.1, 0.15) is 11.6 Å². The van der Waals surface area contributed by atoms with Crippen molar-refractivity contribution in [3.63, 3.8) is 0 Å². The van der Waals surface area contributed by atoms with Gasteiger partial charge in [-0.1, -0.05) is 12.1 Å². The molecule has 0 saturated heterocycles. The summed E-state index contributed by atoms with van der Waals surface area (Å²) in [5.41, 5.74) is 4.28. The molecule has 0 radical (unpaired) electrons. The van der Waals surface area contributed by atoms with Gasteiger partial charge < -0.3 is 9.88 Å². The molecule has 1 N–H and O–H groups in total. The second kappa shape index (κ2) is 8.70. The van der Waals surface area contributed by atoms with Crippen LogP contribution in [0.3, 0.4) is 0 Å². The van der Waals surface area contributed by atoms with Crippen molar-refractivity contribution in [2.75, 3.05) is 11.9 Å². The van der Waals surface area contributed by atoms with Gasteiger partial charge in [-0.15, -0.1) is 0 Å². The quantitative estimate of drug-likeness (QED) is 0.460. The van der Waals surface area contributed by atoms with Gasteiger partial charge in [0.25, 0.3) is 0 Å². The van der Waals surface area contributed by atoms with E-state index in [-0.39, 0.29) is 11.9 Å². The molecule has 0 amide bonds. The minimum atomic E-state index is -0.269. The average molecular weight is 426 g/mol. The number of halogens is 1. The highest BCUT2D eigenvalue weighted by atomic mass is 19.1. The Hall–Kier alpha value is -3.87. The Balaban J connectivity index is 1.63. The molecule has 0 bridgehead atoms. The molecule has 1 atom stereocenters. The number of aryl methyl sites for hydroxylation is 1. The van der Waals surface area contributed by atoms with Crippen molar-refractivity contribution in [2.45, 2.75) is 25.8 Å². The van der Waals surface area contributed by atoms with Crippen LogP contribution in [0, 0.1) is 5.82 Å². The number of imidazole rings is 1. The largest absolute Gasteiger partial charge is 0.354 e. The van der Waals surface area contributed by atoms with Crippen LogP contribution in [0.15, 0.2) is 67.0 Å². The lowest BCUT2D eigenvalue weighted by atomic mass is 10.1. The van der Waals surface area contributed by atoms with Gasteiger partial charge in [-0.3, -0.25) is 4.98 Å². The first kappa shape index (κ1) is 20.1. The number of benzene rings is 1. The molecular formula is C25H23FN6. The first-order valence-corrected chi connectivity index (χ1v) is 10.8. The second-order valence-electron chi connectivity index (χ2n) is 7.62. The van der Waals surface area contributed by atoms with Gasteiger partial charge in [0.05, 0.1) is 28.8 Å². The normalized spacial score (nSPS) is 15.2. The van der Waals surface area contributed by atoms with Crippen LogP contribution in [-0.2, 0) is 6.42 Å². The summed E-state index contributed by atoms with van der Waals surface area (Å²) < 4.78 is 15.8. The summed E-state index contributed by atoms with van der Waals surface area (Å²) in [5, 5.41) is 3.18. The number of rotatable bonds is 6. The molecular weight excluding hydrogens is 403 g/mol. The van der Waals surface area contributed by atoms with E-state index in [2.05, 4.69) is 25.9 Å². The van der Waals surface area contributed by atoms with Crippen LogP contribution < -0.4 is 5.32 Å². The van der Waals surface area contributed by atoms with Gasteiger partial charge in [0, 0.05) is 30.9 Å². The zero-order valence-corrected chi connectivity index (χ0v) is 17.7. The predicted octanol–water partition coefficient (Wildman–Crippen LogP) is 5.17. The molecule has 5 rings (SSSR count). The van der Waals surface area contributed by atoms with Crippen molar-refractivity contribution < 1.29 is 4.39 Å². The molecule has 0 spiro atoms.